The molecule has 2 heterocycles. The molecule has 1 fully saturated rings. The molecule has 1 N–H and O–H groups in total. The fraction of sp³-hybridized carbons (Fsp3) is 0.692. The van der Waals surface area contributed by atoms with Gasteiger partial charge in [0, 0.05) is 23.9 Å². The second-order valence-electron chi connectivity index (χ2n) is 5.58. The summed E-state index contributed by atoms with van der Waals surface area (Å²) < 4.78 is 26.9. The molecule has 1 aliphatic rings. The van der Waals surface area contributed by atoms with Gasteiger partial charge in [0.1, 0.15) is 4.21 Å². The van der Waals surface area contributed by atoms with Gasteiger partial charge in [0.2, 0.25) is 0 Å². The molecule has 0 bridgehead atoms. The molecule has 4 nitrogen and oxygen atoms in total. The van der Waals surface area contributed by atoms with E-state index in [0.29, 0.717) is 17.3 Å². The number of rotatable bonds is 4. The summed E-state index contributed by atoms with van der Waals surface area (Å²) in [4.78, 5) is 1.08. The highest BCUT2D eigenvalue weighted by atomic mass is 32.2. The predicted octanol–water partition coefficient (Wildman–Crippen LogP) is 2.09. The van der Waals surface area contributed by atoms with Crippen LogP contribution in [0, 0.1) is 5.92 Å². The lowest BCUT2D eigenvalue weighted by Gasteiger charge is -2.25. The van der Waals surface area contributed by atoms with Crippen molar-refractivity contribution in [2.45, 2.75) is 43.4 Å². The van der Waals surface area contributed by atoms with Crippen molar-refractivity contribution in [3.05, 3.63) is 17.0 Å². The monoisotopic (exact) mass is 303 g/mol. The third kappa shape index (κ3) is 3.02. The van der Waals surface area contributed by atoms with E-state index in [9.17, 15) is 13.5 Å². The molecule has 108 valence electrons. The smallest absolute Gasteiger partial charge is 0.252 e. The summed E-state index contributed by atoms with van der Waals surface area (Å²) in [5, 5.41) is 9.99. The molecule has 1 aromatic rings. The first kappa shape index (κ1) is 15.0. The van der Waals surface area contributed by atoms with Crippen LogP contribution in [0.3, 0.4) is 0 Å². The summed E-state index contributed by atoms with van der Waals surface area (Å²) in [6.45, 7) is 6.41. The Morgan fingerprint density at radius 2 is 2.16 bits per heavy atom. The Morgan fingerprint density at radius 3 is 2.63 bits per heavy atom. The van der Waals surface area contributed by atoms with Crippen molar-refractivity contribution in [3.8, 4) is 0 Å². The van der Waals surface area contributed by atoms with Crippen LogP contribution >= 0.6 is 11.3 Å². The zero-order valence-electron chi connectivity index (χ0n) is 11.6. The van der Waals surface area contributed by atoms with Gasteiger partial charge in [0.25, 0.3) is 10.0 Å². The normalized spacial score (nSPS) is 22.0. The largest absolute Gasteiger partial charge is 0.390 e. The maximum atomic E-state index is 12.5. The van der Waals surface area contributed by atoms with Gasteiger partial charge in [-0.15, -0.1) is 11.3 Å². The molecule has 6 heteroatoms. The third-order valence-electron chi connectivity index (χ3n) is 3.73. The highest BCUT2D eigenvalue weighted by molar-refractivity contribution is 7.91. The minimum absolute atomic E-state index is 0.00730. The van der Waals surface area contributed by atoms with Gasteiger partial charge in [-0.25, -0.2) is 8.42 Å². The van der Waals surface area contributed by atoms with Gasteiger partial charge in [0.15, 0.2) is 0 Å². The minimum Gasteiger partial charge on any atom is -0.390 e. The molecule has 0 radical (unpaired) electrons. The predicted molar refractivity (Wildman–Crippen MR) is 76.9 cm³/mol. The van der Waals surface area contributed by atoms with Crippen LogP contribution in [-0.4, -0.2) is 36.5 Å². The van der Waals surface area contributed by atoms with E-state index in [-0.39, 0.29) is 5.92 Å². The van der Waals surface area contributed by atoms with Crippen molar-refractivity contribution in [2.75, 3.05) is 13.1 Å². The summed E-state index contributed by atoms with van der Waals surface area (Å²) in [6, 6.07) is 3.57. The van der Waals surface area contributed by atoms with Crippen LogP contribution in [0.4, 0.5) is 0 Å². The third-order valence-corrected chi connectivity index (χ3v) is 7.29. The Balaban J connectivity index is 2.18. The first-order chi connectivity index (χ1) is 8.75. The lowest BCUT2D eigenvalue weighted by molar-refractivity contribution is 0.0236. The Morgan fingerprint density at radius 1 is 1.47 bits per heavy atom. The second-order valence-corrected chi connectivity index (χ2v) is 8.91. The van der Waals surface area contributed by atoms with E-state index in [4.69, 9.17) is 0 Å². The fourth-order valence-electron chi connectivity index (χ4n) is 2.34. The molecule has 1 aromatic heterocycles. The van der Waals surface area contributed by atoms with Crippen molar-refractivity contribution in [1.29, 1.82) is 0 Å². The molecule has 0 aliphatic carbocycles. The standard InChI is InChI=1S/C13H21NO3S2/c1-4-11-5-6-12(18-11)19(16,17)14-8-7-10(9-14)13(2,3)15/h5-6,10,15H,4,7-9H2,1-3H3. The molecule has 1 saturated heterocycles. The van der Waals surface area contributed by atoms with E-state index in [1.165, 1.54) is 15.6 Å². The van der Waals surface area contributed by atoms with Crippen molar-refractivity contribution >= 4 is 21.4 Å². The van der Waals surface area contributed by atoms with Crippen LogP contribution in [0.5, 0.6) is 0 Å². The van der Waals surface area contributed by atoms with Crippen LogP contribution in [0.25, 0.3) is 0 Å². The maximum Gasteiger partial charge on any atom is 0.252 e. The van der Waals surface area contributed by atoms with E-state index in [0.717, 1.165) is 17.7 Å². The molecular weight excluding hydrogens is 282 g/mol. The molecule has 2 rings (SSSR count). The van der Waals surface area contributed by atoms with Crippen molar-refractivity contribution in [3.63, 3.8) is 0 Å². The van der Waals surface area contributed by atoms with Gasteiger partial charge < -0.3 is 5.11 Å². The Labute approximate surface area is 119 Å². The number of hydrogen-bond donors (Lipinski definition) is 1. The quantitative estimate of drug-likeness (QED) is 0.926. The molecule has 0 spiro atoms. The fourth-order valence-corrected chi connectivity index (χ4v) is 5.29. The van der Waals surface area contributed by atoms with Gasteiger partial charge in [-0.2, -0.15) is 4.31 Å². The summed E-state index contributed by atoms with van der Waals surface area (Å²) in [5.74, 6) is 0.00730. The maximum absolute atomic E-state index is 12.5. The van der Waals surface area contributed by atoms with E-state index in [1.807, 2.05) is 13.0 Å². The Kier molecular flexibility index (Phi) is 4.07. The van der Waals surface area contributed by atoms with E-state index in [1.54, 1.807) is 19.9 Å². The highest BCUT2D eigenvalue weighted by Crippen LogP contribution is 2.33. The van der Waals surface area contributed by atoms with E-state index in [2.05, 4.69) is 0 Å². The summed E-state index contributed by atoms with van der Waals surface area (Å²) >= 11 is 1.34. The molecule has 0 aromatic carbocycles. The van der Waals surface area contributed by atoms with Crippen LogP contribution in [0.1, 0.15) is 32.1 Å². The second kappa shape index (κ2) is 5.16. The molecule has 0 amide bonds. The number of nitrogens with zero attached hydrogens (tertiary/aromatic N) is 1. The summed E-state index contributed by atoms with van der Waals surface area (Å²) in [7, 11) is -3.38. The number of aryl methyl sites for hydroxylation is 1. The highest BCUT2D eigenvalue weighted by Gasteiger charge is 2.39. The average molecular weight is 303 g/mol. The van der Waals surface area contributed by atoms with Gasteiger partial charge in [-0.3, -0.25) is 0 Å². The van der Waals surface area contributed by atoms with Crippen molar-refractivity contribution < 1.29 is 13.5 Å². The summed E-state index contributed by atoms with van der Waals surface area (Å²) in [5.41, 5.74) is -0.825. The molecule has 1 aliphatic heterocycles. The molecule has 1 atom stereocenters. The first-order valence-electron chi connectivity index (χ1n) is 6.56. The van der Waals surface area contributed by atoms with Gasteiger partial charge in [0.05, 0.1) is 5.60 Å². The SMILES string of the molecule is CCc1ccc(S(=O)(=O)N2CCC(C(C)(C)O)C2)s1. The number of hydrogen-bond acceptors (Lipinski definition) is 4. The van der Waals surface area contributed by atoms with Gasteiger partial charge in [-0.1, -0.05) is 6.92 Å². The number of aliphatic hydroxyl groups is 1. The van der Waals surface area contributed by atoms with Gasteiger partial charge in [-0.05, 0) is 38.8 Å². The van der Waals surface area contributed by atoms with Crippen molar-refractivity contribution in [1.82, 2.24) is 4.31 Å². The van der Waals surface area contributed by atoms with Crippen LogP contribution in [0.2, 0.25) is 0 Å². The van der Waals surface area contributed by atoms with E-state index < -0.39 is 15.6 Å². The van der Waals surface area contributed by atoms with Crippen LogP contribution < -0.4 is 0 Å². The van der Waals surface area contributed by atoms with Crippen molar-refractivity contribution in [2.24, 2.45) is 5.92 Å². The topological polar surface area (TPSA) is 57.6 Å². The zero-order chi connectivity index (χ0) is 14.3. The lowest BCUT2D eigenvalue weighted by atomic mass is 9.91. The Hall–Kier alpha value is -0.430. The minimum atomic E-state index is -3.38. The molecular formula is C13H21NO3S2. The van der Waals surface area contributed by atoms with E-state index >= 15 is 0 Å². The van der Waals surface area contributed by atoms with Crippen LogP contribution in [0.15, 0.2) is 16.3 Å². The number of thiophene rings is 1. The lowest BCUT2D eigenvalue weighted by Crippen LogP contribution is -2.35. The number of sulfonamides is 1. The molecule has 0 saturated carbocycles. The average Bonchev–Trinajstić information content (AvgIpc) is 2.98. The van der Waals surface area contributed by atoms with Crippen LogP contribution in [-0.2, 0) is 16.4 Å². The van der Waals surface area contributed by atoms with Gasteiger partial charge >= 0.3 is 0 Å². The summed E-state index contributed by atoms with van der Waals surface area (Å²) in [6.07, 6.45) is 1.57. The Bertz CT molecular complexity index is 542. The molecule has 1 unspecified atom stereocenters. The molecule has 19 heavy (non-hydrogen) atoms. The zero-order valence-corrected chi connectivity index (χ0v) is 13.2. The first-order valence-corrected chi connectivity index (χ1v) is 8.82.